The molecule has 1 aromatic rings. The fourth-order valence-corrected chi connectivity index (χ4v) is 1.56. The van der Waals surface area contributed by atoms with Gasteiger partial charge in [-0.2, -0.15) is 13.2 Å². The number of non-ortho nitro benzene ring substituents is 1. The van der Waals surface area contributed by atoms with Crippen LogP contribution in [0, 0.1) is 10.1 Å². The highest BCUT2D eigenvalue weighted by Gasteiger charge is 2.33. The van der Waals surface area contributed by atoms with Crippen LogP contribution in [-0.2, 0) is 15.7 Å². The molecule has 21 heavy (non-hydrogen) atoms. The molecule has 0 aliphatic rings. The largest absolute Gasteiger partial charge is 0.466 e. The van der Waals surface area contributed by atoms with Gasteiger partial charge in [-0.05, 0) is 18.6 Å². The first kappa shape index (κ1) is 16.7. The molecular formula is C13H12F3NO4. The van der Waals surface area contributed by atoms with Crippen molar-refractivity contribution in [2.45, 2.75) is 19.5 Å². The maximum Gasteiger partial charge on any atom is 0.416 e. The zero-order valence-corrected chi connectivity index (χ0v) is 11.0. The van der Waals surface area contributed by atoms with Gasteiger partial charge in [-0.25, -0.2) is 0 Å². The lowest BCUT2D eigenvalue weighted by atomic mass is 10.1. The standard InChI is InChI=1S/C13H12F3NO4/c1-2-21-12(18)5-3-4-9-8-10(17(19)20)6-7-11(9)13(14,15)16/h3-4,6-8H,2,5H2,1H3. The van der Waals surface area contributed by atoms with Gasteiger partial charge in [-0.3, -0.25) is 14.9 Å². The Morgan fingerprint density at radius 2 is 2.10 bits per heavy atom. The lowest BCUT2D eigenvalue weighted by Crippen LogP contribution is -2.08. The Hall–Kier alpha value is -2.38. The fraction of sp³-hybridized carbons (Fsp3) is 0.308. The zero-order chi connectivity index (χ0) is 16.0. The smallest absolute Gasteiger partial charge is 0.416 e. The Morgan fingerprint density at radius 1 is 1.43 bits per heavy atom. The van der Waals surface area contributed by atoms with E-state index in [0.29, 0.717) is 6.07 Å². The molecule has 0 amide bonds. The number of hydrogen-bond donors (Lipinski definition) is 0. The van der Waals surface area contributed by atoms with Crippen molar-refractivity contribution in [1.29, 1.82) is 0 Å². The molecule has 0 N–H and O–H groups in total. The normalized spacial score (nSPS) is 11.6. The number of ether oxygens (including phenoxy) is 1. The first-order valence-corrected chi connectivity index (χ1v) is 5.93. The van der Waals surface area contributed by atoms with E-state index in [4.69, 9.17) is 0 Å². The molecule has 1 rings (SSSR count). The van der Waals surface area contributed by atoms with E-state index in [2.05, 4.69) is 4.74 Å². The third-order valence-corrected chi connectivity index (χ3v) is 2.44. The van der Waals surface area contributed by atoms with Crippen LogP contribution in [0.1, 0.15) is 24.5 Å². The maximum atomic E-state index is 12.8. The van der Waals surface area contributed by atoms with E-state index < -0.39 is 28.3 Å². The lowest BCUT2D eigenvalue weighted by Gasteiger charge is -2.09. The van der Waals surface area contributed by atoms with E-state index >= 15 is 0 Å². The molecular weight excluding hydrogens is 291 g/mol. The Balaban J connectivity index is 3.06. The number of benzene rings is 1. The van der Waals surface area contributed by atoms with Crippen molar-refractivity contribution < 1.29 is 27.6 Å². The van der Waals surface area contributed by atoms with Crippen LogP contribution in [-0.4, -0.2) is 17.5 Å². The number of carbonyl (C=O) groups is 1. The van der Waals surface area contributed by atoms with Gasteiger partial charge < -0.3 is 4.74 Å². The molecule has 0 unspecified atom stereocenters. The zero-order valence-electron chi connectivity index (χ0n) is 11.0. The molecule has 0 aliphatic heterocycles. The van der Waals surface area contributed by atoms with Crippen LogP contribution in [0.4, 0.5) is 18.9 Å². The molecule has 0 radical (unpaired) electrons. The molecule has 0 heterocycles. The van der Waals surface area contributed by atoms with Gasteiger partial charge in [0, 0.05) is 12.1 Å². The van der Waals surface area contributed by atoms with Gasteiger partial charge in [-0.1, -0.05) is 12.2 Å². The molecule has 0 atom stereocenters. The molecule has 0 aliphatic carbocycles. The van der Waals surface area contributed by atoms with E-state index in [0.717, 1.165) is 18.2 Å². The molecule has 0 bridgehead atoms. The minimum Gasteiger partial charge on any atom is -0.466 e. The number of carbonyl (C=O) groups excluding carboxylic acids is 1. The van der Waals surface area contributed by atoms with Crippen molar-refractivity contribution in [3.8, 4) is 0 Å². The minimum absolute atomic E-state index is 0.164. The Kier molecular flexibility index (Phi) is 5.45. The topological polar surface area (TPSA) is 69.4 Å². The summed E-state index contributed by atoms with van der Waals surface area (Å²) in [5.74, 6) is -0.590. The van der Waals surface area contributed by atoms with Crippen LogP contribution >= 0.6 is 0 Å². The number of nitro benzene ring substituents is 1. The highest BCUT2D eigenvalue weighted by Crippen LogP contribution is 2.34. The summed E-state index contributed by atoms with van der Waals surface area (Å²) in [7, 11) is 0. The van der Waals surface area contributed by atoms with Gasteiger partial charge in [-0.15, -0.1) is 0 Å². The number of esters is 1. The van der Waals surface area contributed by atoms with E-state index in [1.807, 2.05) is 0 Å². The summed E-state index contributed by atoms with van der Waals surface area (Å²) in [4.78, 5) is 20.9. The van der Waals surface area contributed by atoms with Crippen molar-refractivity contribution >= 4 is 17.7 Å². The van der Waals surface area contributed by atoms with Crippen molar-refractivity contribution in [3.63, 3.8) is 0 Å². The summed E-state index contributed by atoms with van der Waals surface area (Å²) in [5, 5.41) is 10.6. The van der Waals surface area contributed by atoms with Crippen LogP contribution in [0.3, 0.4) is 0 Å². The fourth-order valence-electron chi connectivity index (χ4n) is 1.56. The van der Waals surface area contributed by atoms with Gasteiger partial charge in [0.1, 0.15) is 0 Å². The molecule has 8 heteroatoms. The summed E-state index contributed by atoms with van der Waals surface area (Å²) in [5.41, 5.74) is -1.84. The minimum atomic E-state index is -4.64. The molecule has 0 fully saturated rings. The Labute approximate surface area is 118 Å². The summed E-state index contributed by atoms with van der Waals surface area (Å²) >= 11 is 0. The second kappa shape index (κ2) is 6.87. The first-order chi connectivity index (χ1) is 9.75. The monoisotopic (exact) mass is 303 g/mol. The quantitative estimate of drug-likeness (QED) is 0.473. The van der Waals surface area contributed by atoms with Gasteiger partial charge in [0.15, 0.2) is 0 Å². The molecule has 5 nitrogen and oxygen atoms in total. The second-order valence-electron chi connectivity index (χ2n) is 3.94. The van der Waals surface area contributed by atoms with Crippen molar-refractivity contribution in [1.82, 2.24) is 0 Å². The molecule has 0 aromatic heterocycles. The lowest BCUT2D eigenvalue weighted by molar-refractivity contribution is -0.384. The van der Waals surface area contributed by atoms with Gasteiger partial charge in [0.25, 0.3) is 5.69 Å². The second-order valence-corrected chi connectivity index (χ2v) is 3.94. The highest BCUT2D eigenvalue weighted by atomic mass is 19.4. The number of halogens is 3. The molecule has 0 spiro atoms. The van der Waals surface area contributed by atoms with Crippen molar-refractivity contribution in [2.24, 2.45) is 0 Å². The Morgan fingerprint density at radius 3 is 2.62 bits per heavy atom. The van der Waals surface area contributed by atoms with E-state index in [1.54, 1.807) is 6.92 Å². The number of rotatable bonds is 5. The number of alkyl halides is 3. The van der Waals surface area contributed by atoms with Crippen LogP contribution in [0.5, 0.6) is 0 Å². The number of nitrogens with zero attached hydrogens (tertiary/aromatic N) is 1. The Bertz CT molecular complexity index is 567. The predicted octanol–water partition coefficient (Wildman–Crippen LogP) is 3.58. The molecule has 114 valence electrons. The summed E-state index contributed by atoms with van der Waals surface area (Å²) in [6, 6.07) is 2.23. The van der Waals surface area contributed by atoms with E-state index in [-0.39, 0.29) is 18.6 Å². The summed E-state index contributed by atoms with van der Waals surface area (Å²) in [6.45, 7) is 1.77. The third kappa shape index (κ3) is 4.90. The van der Waals surface area contributed by atoms with Crippen LogP contribution in [0.15, 0.2) is 24.3 Å². The van der Waals surface area contributed by atoms with Crippen LogP contribution in [0.2, 0.25) is 0 Å². The first-order valence-electron chi connectivity index (χ1n) is 5.93. The molecule has 1 aromatic carbocycles. The summed E-state index contributed by atoms with van der Waals surface area (Å²) < 4.78 is 43.0. The molecule has 0 saturated carbocycles. The number of hydrogen-bond acceptors (Lipinski definition) is 4. The van der Waals surface area contributed by atoms with Crippen molar-refractivity contribution in [3.05, 3.63) is 45.5 Å². The van der Waals surface area contributed by atoms with Gasteiger partial charge in [0.05, 0.1) is 23.5 Å². The van der Waals surface area contributed by atoms with E-state index in [1.165, 1.54) is 6.08 Å². The maximum absolute atomic E-state index is 12.8. The van der Waals surface area contributed by atoms with Gasteiger partial charge >= 0.3 is 12.1 Å². The SMILES string of the molecule is CCOC(=O)CC=Cc1cc([N+](=O)[O-])ccc1C(F)(F)F. The van der Waals surface area contributed by atoms with Crippen LogP contribution in [0.25, 0.3) is 6.08 Å². The predicted molar refractivity (Wildman–Crippen MR) is 68.4 cm³/mol. The summed E-state index contributed by atoms with van der Waals surface area (Å²) in [6.07, 6.45) is -2.66. The average Bonchev–Trinajstić information content (AvgIpc) is 2.37. The van der Waals surface area contributed by atoms with Crippen molar-refractivity contribution in [2.75, 3.05) is 6.61 Å². The highest BCUT2D eigenvalue weighted by molar-refractivity contribution is 5.73. The van der Waals surface area contributed by atoms with Gasteiger partial charge in [0.2, 0.25) is 0 Å². The average molecular weight is 303 g/mol. The number of nitro groups is 1. The van der Waals surface area contributed by atoms with E-state index in [9.17, 15) is 28.1 Å². The third-order valence-electron chi connectivity index (χ3n) is 2.44. The van der Waals surface area contributed by atoms with Crippen LogP contribution < -0.4 is 0 Å². The molecule has 0 saturated heterocycles.